The van der Waals surface area contributed by atoms with Crippen molar-refractivity contribution < 1.29 is 54.1 Å². The molecule has 0 spiro atoms. The molecule has 0 unspecified atom stereocenters. The number of phenolic OH excluding ortho intramolecular Hbond substituents is 3. The Bertz CT molecular complexity index is 1190. The van der Waals surface area contributed by atoms with Crippen LogP contribution in [-0.2, 0) is 14.3 Å². The summed E-state index contributed by atoms with van der Waals surface area (Å²) >= 11 is 0. The quantitative estimate of drug-likeness (QED) is 0.231. The molecule has 5 atom stereocenters. The van der Waals surface area contributed by atoms with Gasteiger partial charge in [-0.2, -0.15) is 0 Å². The maximum atomic E-state index is 11.1. The Labute approximate surface area is 192 Å². The molecule has 0 radical (unpaired) electrons. The first-order chi connectivity index (χ1) is 16.1. The minimum atomic E-state index is -1.69. The number of aromatic hydroxyl groups is 3. The van der Waals surface area contributed by atoms with E-state index in [1.807, 2.05) is 0 Å². The van der Waals surface area contributed by atoms with Crippen LogP contribution in [0.2, 0.25) is 0 Å². The van der Waals surface area contributed by atoms with Gasteiger partial charge in [-0.15, -0.1) is 0 Å². The summed E-state index contributed by atoms with van der Waals surface area (Å²) in [6.45, 7) is 0.770. The Morgan fingerprint density at radius 1 is 0.971 bits per heavy atom. The highest BCUT2D eigenvalue weighted by molar-refractivity contribution is 5.88. The molecule has 34 heavy (non-hydrogen) atoms. The van der Waals surface area contributed by atoms with E-state index in [9.17, 15) is 35.4 Å². The molecule has 0 saturated carbocycles. The van der Waals surface area contributed by atoms with Crippen molar-refractivity contribution in [2.45, 2.75) is 37.6 Å². The third-order valence-electron chi connectivity index (χ3n) is 5.31. The fourth-order valence-corrected chi connectivity index (χ4v) is 3.56. The van der Waals surface area contributed by atoms with Crippen molar-refractivity contribution in [3.63, 3.8) is 0 Å². The maximum Gasteiger partial charge on any atom is 0.402 e. The lowest BCUT2D eigenvalue weighted by atomic mass is 9.99. The van der Waals surface area contributed by atoms with Gasteiger partial charge in [0.2, 0.25) is 12.0 Å². The first-order valence-electron chi connectivity index (χ1n) is 10.3. The van der Waals surface area contributed by atoms with E-state index in [1.165, 1.54) is 43.3 Å². The summed E-state index contributed by atoms with van der Waals surface area (Å²) in [4.78, 5) is 11.1. The van der Waals surface area contributed by atoms with Crippen LogP contribution in [0, 0.1) is 0 Å². The van der Waals surface area contributed by atoms with E-state index in [0.717, 1.165) is 6.07 Å². The molecule has 2 heterocycles. The van der Waals surface area contributed by atoms with Crippen molar-refractivity contribution in [2.24, 2.45) is 0 Å². The van der Waals surface area contributed by atoms with Gasteiger partial charge in [0.25, 0.3) is 0 Å². The van der Waals surface area contributed by atoms with Crippen LogP contribution in [-0.4, -0.2) is 73.9 Å². The van der Waals surface area contributed by atoms with Crippen LogP contribution in [0.4, 0.5) is 0 Å². The molecule has 4 rings (SSSR count). The van der Waals surface area contributed by atoms with E-state index in [1.54, 1.807) is 0 Å². The Morgan fingerprint density at radius 2 is 1.68 bits per heavy atom. The fourth-order valence-electron chi connectivity index (χ4n) is 3.56. The number of hydrogen-bond donors (Lipinski definition) is 6. The van der Waals surface area contributed by atoms with Gasteiger partial charge in [-0.3, -0.25) is 4.79 Å². The molecule has 1 aromatic heterocycles. The van der Waals surface area contributed by atoms with Crippen LogP contribution >= 0.6 is 0 Å². The largest absolute Gasteiger partial charge is 0.508 e. The topological polar surface area (TPSA) is 177 Å². The molecular formula is C23H23O11+. The number of carbonyl (C=O) groups is 1. The zero-order valence-corrected chi connectivity index (χ0v) is 17.9. The highest BCUT2D eigenvalue weighted by atomic mass is 16.7. The van der Waals surface area contributed by atoms with E-state index in [4.69, 9.17) is 18.6 Å². The minimum absolute atomic E-state index is 0.00115. The number of hydrogen-bond acceptors (Lipinski definition) is 10. The molecule has 1 aliphatic heterocycles. The lowest BCUT2D eigenvalue weighted by molar-refractivity contribution is -0.278. The average molecular weight is 475 g/mol. The molecule has 11 nitrogen and oxygen atoms in total. The van der Waals surface area contributed by atoms with Crippen LogP contribution in [0.15, 0.2) is 46.9 Å². The second kappa shape index (κ2) is 9.31. The summed E-state index contributed by atoms with van der Waals surface area (Å²) in [5, 5.41) is 60.8. The summed E-state index contributed by atoms with van der Waals surface area (Å²) in [6.07, 6.45) is -7.66. The van der Waals surface area contributed by atoms with Crippen molar-refractivity contribution in [1.29, 1.82) is 0 Å². The van der Waals surface area contributed by atoms with E-state index in [2.05, 4.69) is 0 Å². The summed E-state index contributed by atoms with van der Waals surface area (Å²) in [5.74, 6) is -1.12. The second-order valence-corrected chi connectivity index (χ2v) is 7.80. The number of phenols is 3. The molecule has 3 aromatic rings. The zero-order chi connectivity index (χ0) is 24.6. The molecule has 2 aromatic carbocycles. The number of aliphatic hydroxyl groups excluding tert-OH is 3. The Balaban J connectivity index is 1.75. The lowest BCUT2D eigenvalue weighted by Gasteiger charge is -2.39. The molecule has 1 fully saturated rings. The third kappa shape index (κ3) is 4.68. The molecule has 6 N–H and O–H groups in total. The first kappa shape index (κ1) is 23.5. The van der Waals surface area contributed by atoms with Crippen LogP contribution in [0.5, 0.6) is 23.0 Å². The second-order valence-electron chi connectivity index (χ2n) is 7.80. The van der Waals surface area contributed by atoms with Gasteiger partial charge in [0.15, 0.2) is 0 Å². The summed E-state index contributed by atoms with van der Waals surface area (Å²) in [6, 6.07) is 9.61. The van der Waals surface area contributed by atoms with Crippen molar-refractivity contribution in [3.05, 3.63) is 42.5 Å². The van der Waals surface area contributed by atoms with Gasteiger partial charge in [0.05, 0.1) is 11.6 Å². The van der Waals surface area contributed by atoms with Crippen molar-refractivity contribution in [1.82, 2.24) is 0 Å². The number of carbonyl (C=O) groups excluding carboxylic acids is 1. The molecular weight excluding hydrogens is 452 g/mol. The third-order valence-corrected chi connectivity index (χ3v) is 5.31. The van der Waals surface area contributed by atoms with Gasteiger partial charge in [-0.25, -0.2) is 4.42 Å². The van der Waals surface area contributed by atoms with Gasteiger partial charge in [0.1, 0.15) is 53.7 Å². The number of aliphatic hydroxyl groups is 3. The number of esters is 1. The van der Waals surface area contributed by atoms with Crippen molar-refractivity contribution in [2.75, 3.05) is 6.61 Å². The summed E-state index contributed by atoms with van der Waals surface area (Å²) in [7, 11) is 0. The van der Waals surface area contributed by atoms with E-state index < -0.39 is 43.3 Å². The predicted molar refractivity (Wildman–Crippen MR) is 115 cm³/mol. The highest BCUT2D eigenvalue weighted by Crippen LogP contribution is 2.40. The maximum absolute atomic E-state index is 11.1. The monoisotopic (exact) mass is 475 g/mol. The Hall–Kier alpha value is -3.64. The zero-order valence-electron chi connectivity index (χ0n) is 17.9. The van der Waals surface area contributed by atoms with Crippen molar-refractivity contribution >= 4 is 16.9 Å². The van der Waals surface area contributed by atoms with Gasteiger partial charge < -0.3 is 44.8 Å². The van der Waals surface area contributed by atoms with Gasteiger partial charge in [-0.1, -0.05) is 0 Å². The predicted octanol–water partition coefficient (Wildman–Crippen LogP) is 1.25. The molecule has 1 saturated heterocycles. The lowest BCUT2D eigenvalue weighted by Crippen LogP contribution is -2.60. The van der Waals surface area contributed by atoms with Gasteiger partial charge in [-0.05, 0) is 24.3 Å². The average Bonchev–Trinajstić information content (AvgIpc) is 2.79. The van der Waals surface area contributed by atoms with Gasteiger partial charge in [0, 0.05) is 19.1 Å². The number of benzene rings is 2. The van der Waals surface area contributed by atoms with Crippen LogP contribution in [0.1, 0.15) is 6.92 Å². The Kier molecular flexibility index (Phi) is 6.44. The highest BCUT2D eigenvalue weighted by Gasteiger charge is 2.46. The molecule has 1 aliphatic rings. The van der Waals surface area contributed by atoms with Crippen LogP contribution in [0.3, 0.4) is 0 Å². The number of fused-ring (bicyclic) bond motifs is 1. The van der Waals surface area contributed by atoms with Crippen LogP contribution < -0.4 is 4.74 Å². The molecule has 0 amide bonds. The molecule has 180 valence electrons. The normalized spacial score (nSPS) is 24.6. The molecule has 0 aliphatic carbocycles. The first-order valence-corrected chi connectivity index (χ1v) is 10.3. The van der Waals surface area contributed by atoms with E-state index in [-0.39, 0.29) is 39.7 Å². The standard InChI is InChI=1S/C23H22O11/c1-10(24)31-9-18-19(28)20(29)21(30)23(34-18)33-17-8-14-15(27)6-13(26)7-16(14)32-22(17)11-2-4-12(25)5-3-11/h2-8,18-21,23,28-30H,9H2,1H3,(H2-,25,26,27)/p+1/t18-,19-,20+,21-,23-/m1/s1. The number of ether oxygens (including phenoxy) is 3. The number of rotatable bonds is 5. The van der Waals surface area contributed by atoms with Crippen LogP contribution in [0.25, 0.3) is 22.3 Å². The molecule has 0 bridgehead atoms. The summed E-state index contributed by atoms with van der Waals surface area (Å²) < 4.78 is 22.1. The van der Waals surface area contributed by atoms with Crippen molar-refractivity contribution in [3.8, 4) is 34.3 Å². The smallest absolute Gasteiger partial charge is 0.402 e. The van der Waals surface area contributed by atoms with E-state index in [0.29, 0.717) is 5.56 Å². The van der Waals surface area contributed by atoms with Gasteiger partial charge >= 0.3 is 17.3 Å². The fraction of sp³-hybridized carbons (Fsp3) is 0.304. The molecule has 11 heteroatoms. The minimum Gasteiger partial charge on any atom is -0.508 e. The van der Waals surface area contributed by atoms with E-state index >= 15 is 0 Å². The summed E-state index contributed by atoms with van der Waals surface area (Å²) in [5.41, 5.74) is 0.543. The Morgan fingerprint density at radius 3 is 2.35 bits per heavy atom. The SMILES string of the molecule is CC(=O)OC[C@H]1O[C@@H](Oc2cc3c(O)cc(O)cc3[o+]c2-c2ccc(O)cc2)[C@H](O)[C@@H](O)[C@@H]1O.